The maximum Gasteiger partial charge on any atom is 0.311 e. The van der Waals surface area contributed by atoms with E-state index in [-0.39, 0.29) is 24.3 Å². The van der Waals surface area contributed by atoms with E-state index in [4.69, 9.17) is 0 Å². The van der Waals surface area contributed by atoms with Crippen molar-refractivity contribution < 1.29 is 19.5 Å². The molecular formula is C16H26N2O4. The van der Waals surface area contributed by atoms with Crippen LogP contribution in [0.5, 0.6) is 0 Å². The molecule has 6 heteroatoms. The summed E-state index contributed by atoms with van der Waals surface area (Å²) in [6, 6.07) is 0. The molecule has 0 unspecified atom stereocenters. The lowest BCUT2D eigenvalue weighted by Crippen LogP contribution is -2.44. The third-order valence-electron chi connectivity index (χ3n) is 4.72. The molecule has 0 bridgehead atoms. The van der Waals surface area contributed by atoms with Gasteiger partial charge in [-0.15, -0.1) is 0 Å². The minimum Gasteiger partial charge on any atom is -0.481 e. The van der Waals surface area contributed by atoms with Gasteiger partial charge in [0.05, 0.1) is 5.41 Å². The Morgan fingerprint density at radius 1 is 1.05 bits per heavy atom. The van der Waals surface area contributed by atoms with Gasteiger partial charge < -0.3 is 15.7 Å². The van der Waals surface area contributed by atoms with Gasteiger partial charge in [-0.2, -0.15) is 0 Å². The smallest absolute Gasteiger partial charge is 0.311 e. The second-order valence-corrected chi connectivity index (χ2v) is 6.59. The summed E-state index contributed by atoms with van der Waals surface area (Å²) in [6.45, 7) is 0.725. The van der Waals surface area contributed by atoms with Crippen LogP contribution in [0, 0.1) is 11.3 Å². The van der Waals surface area contributed by atoms with Crippen LogP contribution < -0.4 is 10.6 Å². The van der Waals surface area contributed by atoms with Crippen molar-refractivity contribution in [3.63, 3.8) is 0 Å². The molecule has 0 radical (unpaired) electrons. The molecule has 0 spiro atoms. The number of hydrogen-bond acceptors (Lipinski definition) is 3. The summed E-state index contributed by atoms with van der Waals surface area (Å²) in [5, 5.41) is 15.0. The average molecular weight is 310 g/mol. The zero-order valence-electron chi connectivity index (χ0n) is 13.0. The van der Waals surface area contributed by atoms with E-state index in [1.54, 1.807) is 0 Å². The predicted octanol–water partition coefficient (Wildman–Crippen LogP) is 1.44. The fourth-order valence-corrected chi connectivity index (χ4v) is 3.00. The third-order valence-corrected chi connectivity index (χ3v) is 4.72. The Kier molecular flexibility index (Phi) is 5.80. The van der Waals surface area contributed by atoms with Gasteiger partial charge in [-0.25, -0.2) is 0 Å². The molecule has 22 heavy (non-hydrogen) atoms. The standard InChI is InChI=1S/C16H26N2O4/c19-13(5-4-10-17-14(20)12-6-7-12)18-11-16(15(21)22)8-2-1-3-9-16/h12H,1-11H2,(H,17,20)(H,18,19)(H,21,22). The quantitative estimate of drug-likeness (QED) is 0.591. The van der Waals surface area contributed by atoms with E-state index >= 15 is 0 Å². The van der Waals surface area contributed by atoms with Gasteiger partial charge in [0.2, 0.25) is 11.8 Å². The number of aliphatic carboxylic acids is 1. The van der Waals surface area contributed by atoms with Gasteiger partial charge in [-0.05, 0) is 32.1 Å². The fraction of sp³-hybridized carbons (Fsp3) is 0.812. The van der Waals surface area contributed by atoms with Crippen LogP contribution in [0.2, 0.25) is 0 Å². The molecule has 0 heterocycles. The van der Waals surface area contributed by atoms with Crippen LogP contribution >= 0.6 is 0 Å². The van der Waals surface area contributed by atoms with Gasteiger partial charge in [0, 0.05) is 25.4 Å². The number of nitrogens with one attached hydrogen (secondary N) is 2. The second kappa shape index (κ2) is 7.61. The summed E-state index contributed by atoms with van der Waals surface area (Å²) in [7, 11) is 0. The first-order chi connectivity index (χ1) is 10.5. The number of hydrogen-bond donors (Lipinski definition) is 3. The van der Waals surface area contributed by atoms with Gasteiger partial charge >= 0.3 is 5.97 Å². The molecule has 2 aliphatic carbocycles. The fourth-order valence-electron chi connectivity index (χ4n) is 3.00. The third kappa shape index (κ3) is 4.71. The molecule has 2 rings (SSSR count). The summed E-state index contributed by atoms with van der Waals surface area (Å²) in [5.41, 5.74) is -0.784. The first-order valence-corrected chi connectivity index (χ1v) is 8.31. The molecule has 2 amide bonds. The summed E-state index contributed by atoms with van der Waals surface area (Å²) >= 11 is 0. The highest BCUT2D eigenvalue weighted by Gasteiger charge is 2.39. The topological polar surface area (TPSA) is 95.5 Å². The average Bonchev–Trinajstić information content (AvgIpc) is 3.35. The Bertz CT molecular complexity index is 426. The van der Waals surface area contributed by atoms with E-state index in [0.717, 1.165) is 32.1 Å². The molecule has 0 atom stereocenters. The van der Waals surface area contributed by atoms with Crippen molar-refractivity contribution in [3.05, 3.63) is 0 Å². The van der Waals surface area contributed by atoms with E-state index < -0.39 is 11.4 Å². The van der Waals surface area contributed by atoms with E-state index in [9.17, 15) is 19.5 Å². The Hall–Kier alpha value is -1.59. The Morgan fingerprint density at radius 3 is 2.32 bits per heavy atom. The summed E-state index contributed by atoms with van der Waals surface area (Å²) in [4.78, 5) is 34.7. The maximum atomic E-state index is 11.8. The van der Waals surface area contributed by atoms with Crippen LogP contribution in [0.3, 0.4) is 0 Å². The van der Waals surface area contributed by atoms with Gasteiger partial charge in [0.1, 0.15) is 0 Å². The van der Waals surface area contributed by atoms with Gasteiger partial charge in [-0.3, -0.25) is 14.4 Å². The Labute approximate surface area is 131 Å². The molecular weight excluding hydrogens is 284 g/mol. The lowest BCUT2D eigenvalue weighted by Gasteiger charge is -2.33. The molecule has 0 aliphatic heterocycles. The zero-order chi connectivity index (χ0) is 16.0. The summed E-state index contributed by atoms with van der Waals surface area (Å²) in [6.07, 6.45) is 7.03. The van der Waals surface area contributed by atoms with Crippen LogP contribution in [0.1, 0.15) is 57.8 Å². The molecule has 0 saturated heterocycles. The van der Waals surface area contributed by atoms with Crippen LogP contribution in [0.25, 0.3) is 0 Å². The van der Waals surface area contributed by atoms with Crippen molar-refractivity contribution in [1.29, 1.82) is 0 Å². The highest BCUT2D eigenvalue weighted by atomic mass is 16.4. The SMILES string of the molecule is O=C(CCCNC(=O)C1CC1)NCC1(C(=O)O)CCCCC1. The number of carboxylic acid groups (broad SMARTS) is 1. The number of amides is 2. The number of carbonyl (C=O) groups is 3. The number of rotatable bonds is 8. The molecule has 124 valence electrons. The van der Waals surface area contributed by atoms with Crippen molar-refractivity contribution >= 4 is 17.8 Å². The minimum absolute atomic E-state index is 0.0902. The molecule has 0 aromatic rings. The molecule has 2 saturated carbocycles. The van der Waals surface area contributed by atoms with Crippen molar-refractivity contribution in [3.8, 4) is 0 Å². The first-order valence-electron chi connectivity index (χ1n) is 8.31. The molecule has 0 aromatic carbocycles. The highest BCUT2D eigenvalue weighted by Crippen LogP contribution is 2.36. The zero-order valence-corrected chi connectivity index (χ0v) is 13.0. The Balaban J connectivity index is 1.63. The minimum atomic E-state index is -0.802. The molecule has 2 fully saturated rings. The van der Waals surface area contributed by atoms with Crippen LogP contribution in [-0.2, 0) is 14.4 Å². The van der Waals surface area contributed by atoms with Gasteiger partial charge in [0.15, 0.2) is 0 Å². The van der Waals surface area contributed by atoms with E-state index in [1.165, 1.54) is 0 Å². The molecule has 3 N–H and O–H groups in total. The van der Waals surface area contributed by atoms with Crippen LogP contribution in [0.4, 0.5) is 0 Å². The number of carboxylic acids is 1. The van der Waals surface area contributed by atoms with Crippen LogP contribution in [-0.4, -0.2) is 36.0 Å². The Morgan fingerprint density at radius 2 is 1.73 bits per heavy atom. The van der Waals surface area contributed by atoms with E-state index in [0.29, 0.717) is 32.2 Å². The lowest BCUT2D eigenvalue weighted by molar-refractivity contribution is -0.151. The van der Waals surface area contributed by atoms with Crippen molar-refractivity contribution in [2.24, 2.45) is 11.3 Å². The largest absolute Gasteiger partial charge is 0.481 e. The second-order valence-electron chi connectivity index (χ2n) is 6.59. The molecule has 2 aliphatic rings. The van der Waals surface area contributed by atoms with Gasteiger partial charge in [-0.1, -0.05) is 19.3 Å². The molecule has 6 nitrogen and oxygen atoms in total. The predicted molar refractivity (Wildman–Crippen MR) is 81.1 cm³/mol. The normalized spacial score (nSPS) is 20.2. The first kappa shape index (κ1) is 16.8. The van der Waals surface area contributed by atoms with Crippen molar-refractivity contribution in [2.75, 3.05) is 13.1 Å². The van der Waals surface area contributed by atoms with Crippen molar-refractivity contribution in [2.45, 2.75) is 57.8 Å². The van der Waals surface area contributed by atoms with E-state index in [2.05, 4.69) is 10.6 Å². The van der Waals surface area contributed by atoms with Gasteiger partial charge in [0.25, 0.3) is 0 Å². The maximum absolute atomic E-state index is 11.8. The monoisotopic (exact) mass is 310 g/mol. The molecule has 0 aromatic heterocycles. The summed E-state index contributed by atoms with van der Waals surface area (Å²) < 4.78 is 0. The van der Waals surface area contributed by atoms with Crippen molar-refractivity contribution in [1.82, 2.24) is 10.6 Å². The van der Waals surface area contributed by atoms with E-state index in [1.807, 2.05) is 0 Å². The lowest BCUT2D eigenvalue weighted by atomic mass is 9.74. The highest BCUT2D eigenvalue weighted by molar-refractivity contribution is 5.81. The summed E-state index contributed by atoms with van der Waals surface area (Å²) in [5.74, 6) is -0.654. The number of carbonyl (C=O) groups excluding carboxylic acids is 2. The van der Waals surface area contributed by atoms with Crippen LogP contribution in [0.15, 0.2) is 0 Å².